The summed E-state index contributed by atoms with van der Waals surface area (Å²) in [6.45, 7) is 4.55. The van der Waals surface area contributed by atoms with E-state index in [2.05, 4.69) is 20.9 Å². The minimum atomic E-state index is -0.245. The van der Waals surface area contributed by atoms with Crippen molar-refractivity contribution < 1.29 is 19.1 Å². The van der Waals surface area contributed by atoms with E-state index in [-0.39, 0.29) is 24.3 Å². The van der Waals surface area contributed by atoms with Gasteiger partial charge in [-0.3, -0.25) is 14.4 Å². The van der Waals surface area contributed by atoms with Crippen LogP contribution in [0.4, 0.5) is 0 Å². The van der Waals surface area contributed by atoms with E-state index in [1.165, 1.54) is 6.92 Å². The van der Waals surface area contributed by atoms with Crippen LogP contribution in [0.3, 0.4) is 0 Å². The summed E-state index contributed by atoms with van der Waals surface area (Å²) in [5, 5.41) is 3.57. The fourth-order valence-corrected chi connectivity index (χ4v) is 6.19. The van der Waals surface area contributed by atoms with Gasteiger partial charge in [0.15, 0.2) is 0 Å². The van der Waals surface area contributed by atoms with E-state index in [0.717, 1.165) is 52.4 Å². The lowest BCUT2D eigenvalue weighted by Gasteiger charge is -2.25. The first kappa shape index (κ1) is 30.2. The van der Waals surface area contributed by atoms with Crippen molar-refractivity contribution in [2.75, 3.05) is 39.3 Å². The van der Waals surface area contributed by atoms with Crippen molar-refractivity contribution in [2.24, 2.45) is 0 Å². The monoisotopic (exact) mass is 602 g/mol. The van der Waals surface area contributed by atoms with Crippen molar-refractivity contribution in [3.8, 4) is 17.1 Å². The number of nitrogens with one attached hydrogen (secondary N) is 1. The highest BCUT2D eigenvalue weighted by Crippen LogP contribution is 2.24. The summed E-state index contributed by atoms with van der Waals surface area (Å²) in [6.07, 6.45) is 7.05. The summed E-state index contributed by atoms with van der Waals surface area (Å²) in [7, 11) is 0. The minimum absolute atomic E-state index is 0.0517. The molecule has 226 valence electrons. The zero-order chi connectivity index (χ0) is 30.0. The standard InChI is InChI=1S/C32H38N6O4S/c1-24(39)34-23-31(41)37-16-5-4-15-36(30(40)13-12-29-35-27-10-2-3-11-28(27)43-29)17-7-18-38-19-14-33-32(38)25-8-6-9-26(22-25)42-21-20-37/h2-3,6,8-11,14,19,22H,4-5,7,12-13,15-18,20-21,23H2,1H3,(H,34,39). The second-order valence-electron chi connectivity index (χ2n) is 10.6. The molecule has 11 heteroatoms. The lowest BCUT2D eigenvalue weighted by atomic mass is 10.2. The Balaban J connectivity index is 1.29. The first-order valence-electron chi connectivity index (χ1n) is 14.8. The summed E-state index contributed by atoms with van der Waals surface area (Å²) in [5.41, 5.74) is 1.91. The SMILES string of the molecule is CC(=O)NCC(=O)N1CCCCN(C(=O)CCc2nc3ccccc3s2)CCCn2ccnc2-c2cccc(c2)OCC1. The van der Waals surface area contributed by atoms with Gasteiger partial charge in [0, 0.05) is 63.9 Å². The Bertz CT molecular complexity index is 1520. The molecule has 5 rings (SSSR count). The van der Waals surface area contributed by atoms with Crippen molar-refractivity contribution in [1.29, 1.82) is 0 Å². The number of nitrogens with zero attached hydrogens (tertiary/aromatic N) is 5. The second kappa shape index (κ2) is 14.8. The van der Waals surface area contributed by atoms with Crippen molar-refractivity contribution in [2.45, 2.75) is 45.6 Å². The van der Waals surface area contributed by atoms with Crippen LogP contribution < -0.4 is 10.1 Å². The third-order valence-electron chi connectivity index (χ3n) is 7.46. The molecular weight excluding hydrogens is 564 g/mol. The third kappa shape index (κ3) is 8.41. The van der Waals surface area contributed by atoms with Crippen LogP contribution in [0, 0.1) is 0 Å². The summed E-state index contributed by atoms with van der Waals surface area (Å²) in [6, 6.07) is 15.8. The number of rotatable bonds is 5. The Labute approximate surface area is 255 Å². The molecule has 2 bridgehead atoms. The average molecular weight is 603 g/mol. The number of thiazole rings is 1. The number of benzene rings is 2. The highest BCUT2D eigenvalue weighted by Gasteiger charge is 2.18. The largest absolute Gasteiger partial charge is 0.492 e. The second-order valence-corrected chi connectivity index (χ2v) is 11.7. The first-order chi connectivity index (χ1) is 21.0. The quantitative estimate of drug-likeness (QED) is 0.368. The van der Waals surface area contributed by atoms with E-state index in [4.69, 9.17) is 9.72 Å². The lowest BCUT2D eigenvalue weighted by Crippen LogP contribution is -2.42. The van der Waals surface area contributed by atoms with Crippen LogP contribution in [0.1, 0.15) is 37.6 Å². The van der Waals surface area contributed by atoms with Gasteiger partial charge in [-0.05, 0) is 43.5 Å². The molecule has 1 N–H and O–H groups in total. The van der Waals surface area contributed by atoms with Gasteiger partial charge < -0.3 is 24.4 Å². The molecule has 0 saturated heterocycles. The van der Waals surface area contributed by atoms with Crippen LogP contribution in [0.2, 0.25) is 0 Å². The highest BCUT2D eigenvalue weighted by atomic mass is 32.1. The number of hydrogen-bond acceptors (Lipinski definition) is 7. The van der Waals surface area contributed by atoms with Crippen molar-refractivity contribution in [1.82, 2.24) is 29.7 Å². The Morgan fingerprint density at radius 1 is 0.930 bits per heavy atom. The zero-order valence-electron chi connectivity index (χ0n) is 24.5. The van der Waals surface area contributed by atoms with E-state index in [1.807, 2.05) is 53.6 Å². The summed E-state index contributed by atoms with van der Waals surface area (Å²) in [5.74, 6) is 1.26. The number of carbonyl (C=O) groups is 3. The van der Waals surface area contributed by atoms with Gasteiger partial charge in [0.25, 0.3) is 0 Å². The molecule has 4 aromatic rings. The smallest absolute Gasteiger partial charge is 0.242 e. The fraction of sp³-hybridized carbons (Fsp3) is 0.406. The number of carbonyl (C=O) groups excluding carboxylic acids is 3. The number of aryl methyl sites for hydroxylation is 2. The van der Waals surface area contributed by atoms with E-state index in [1.54, 1.807) is 22.4 Å². The van der Waals surface area contributed by atoms with Crippen LogP contribution in [0.15, 0.2) is 60.9 Å². The van der Waals surface area contributed by atoms with Gasteiger partial charge >= 0.3 is 0 Å². The predicted molar refractivity (Wildman–Crippen MR) is 167 cm³/mol. The van der Waals surface area contributed by atoms with Crippen LogP contribution in [0.25, 0.3) is 21.6 Å². The predicted octanol–water partition coefficient (Wildman–Crippen LogP) is 4.15. The van der Waals surface area contributed by atoms with E-state index < -0.39 is 0 Å². The number of aromatic nitrogens is 3. The fourth-order valence-electron chi connectivity index (χ4n) is 5.22. The maximum Gasteiger partial charge on any atom is 0.242 e. The molecule has 0 saturated carbocycles. The summed E-state index contributed by atoms with van der Waals surface area (Å²) >= 11 is 1.64. The molecule has 1 aliphatic heterocycles. The highest BCUT2D eigenvalue weighted by molar-refractivity contribution is 7.18. The van der Waals surface area contributed by atoms with E-state index in [0.29, 0.717) is 51.4 Å². The Hall–Kier alpha value is -4.25. The van der Waals surface area contributed by atoms with E-state index >= 15 is 0 Å². The van der Waals surface area contributed by atoms with Crippen molar-refractivity contribution >= 4 is 39.3 Å². The molecule has 0 atom stereocenters. The molecule has 1 aliphatic rings. The number of imidazole rings is 1. The molecule has 10 nitrogen and oxygen atoms in total. The minimum Gasteiger partial charge on any atom is -0.492 e. The lowest BCUT2D eigenvalue weighted by molar-refractivity contribution is -0.133. The third-order valence-corrected chi connectivity index (χ3v) is 8.55. The summed E-state index contributed by atoms with van der Waals surface area (Å²) in [4.78, 5) is 50.7. The maximum absolute atomic E-state index is 13.5. The molecule has 0 spiro atoms. The Morgan fingerprint density at radius 3 is 2.53 bits per heavy atom. The number of fused-ring (bicyclic) bond motifs is 5. The molecule has 3 amide bonds. The van der Waals surface area contributed by atoms with Crippen LogP contribution in [-0.4, -0.2) is 81.4 Å². The van der Waals surface area contributed by atoms with Gasteiger partial charge in [0.2, 0.25) is 17.7 Å². The van der Waals surface area contributed by atoms with Crippen LogP contribution >= 0.6 is 11.3 Å². The van der Waals surface area contributed by atoms with Crippen molar-refractivity contribution in [3.63, 3.8) is 0 Å². The molecule has 2 aromatic carbocycles. The molecule has 3 heterocycles. The normalized spacial score (nSPS) is 14.9. The van der Waals surface area contributed by atoms with Gasteiger partial charge in [-0.15, -0.1) is 11.3 Å². The van der Waals surface area contributed by atoms with Crippen molar-refractivity contribution in [3.05, 3.63) is 65.9 Å². The molecular formula is C32H38N6O4S. The van der Waals surface area contributed by atoms with Gasteiger partial charge in [0.1, 0.15) is 18.2 Å². The molecule has 0 aliphatic carbocycles. The average Bonchev–Trinajstić information content (AvgIpc) is 3.65. The first-order valence-corrected chi connectivity index (χ1v) is 15.7. The number of para-hydroxylation sites is 1. The van der Waals surface area contributed by atoms with E-state index in [9.17, 15) is 14.4 Å². The molecule has 2 aromatic heterocycles. The van der Waals surface area contributed by atoms with Gasteiger partial charge in [0.05, 0.1) is 28.3 Å². The molecule has 0 unspecified atom stereocenters. The van der Waals surface area contributed by atoms with Crippen LogP contribution in [-0.2, 0) is 27.3 Å². The van der Waals surface area contributed by atoms with Crippen LogP contribution in [0.5, 0.6) is 5.75 Å². The van der Waals surface area contributed by atoms with Gasteiger partial charge in [-0.1, -0.05) is 24.3 Å². The Kier molecular flexibility index (Phi) is 10.4. The number of amides is 3. The molecule has 0 radical (unpaired) electrons. The zero-order valence-corrected chi connectivity index (χ0v) is 25.4. The number of ether oxygens (including phenoxy) is 1. The van der Waals surface area contributed by atoms with Gasteiger partial charge in [-0.25, -0.2) is 9.97 Å². The molecule has 43 heavy (non-hydrogen) atoms. The topological polar surface area (TPSA) is 110 Å². The summed E-state index contributed by atoms with van der Waals surface area (Å²) < 4.78 is 9.27. The Morgan fingerprint density at radius 2 is 1.72 bits per heavy atom. The number of hydrogen-bond donors (Lipinski definition) is 1. The van der Waals surface area contributed by atoms with Gasteiger partial charge in [-0.2, -0.15) is 0 Å². The maximum atomic E-state index is 13.5. The molecule has 0 fully saturated rings.